The van der Waals surface area contributed by atoms with Gasteiger partial charge in [-0.2, -0.15) is 0 Å². The fourth-order valence-electron chi connectivity index (χ4n) is 1.65. The summed E-state index contributed by atoms with van der Waals surface area (Å²) in [7, 11) is 0. The van der Waals surface area contributed by atoms with Gasteiger partial charge in [0.25, 0.3) is 0 Å². The number of rotatable bonds is 4. The van der Waals surface area contributed by atoms with Gasteiger partial charge in [-0.15, -0.1) is 6.42 Å². The molecule has 2 heterocycles. The van der Waals surface area contributed by atoms with Crippen LogP contribution in [0.4, 0.5) is 9.80 Å². The van der Waals surface area contributed by atoms with E-state index in [4.69, 9.17) is 22.8 Å². The topological polar surface area (TPSA) is 55.3 Å². The highest BCUT2D eigenvalue weighted by molar-refractivity contribution is 7.19. The predicted octanol–water partition coefficient (Wildman–Crippen LogP) is 3.84. The summed E-state index contributed by atoms with van der Waals surface area (Å²) in [5.41, 5.74) is 0.818. The SMILES string of the molecule is C#CCN(C(=O)OC(C)C)c1sc(-c2cccnc2)nc1Cl. The average molecular weight is 336 g/mol. The molecule has 0 atom stereocenters. The van der Waals surface area contributed by atoms with Gasteiger partial charge in [-0.25, -0.2) is 9.78 Å². The molecule has 2 aromatic heterocycles. The number of thiazole rings is 1. The molecular weight excluding hydrogens is 322 g/mol. The number of terminal acetylenes is 1. The molecule has 0 aliphatic carbocycles. The third kappa shape index (κ3) is 3.75. The maximum absolute atomic E-state index is 12.2. The van der Waals surface area contributed by atoms with E-state index in [-0.39, 0.29) is 17.8 Å². The third-order valence-corrected chi connectivity index (χ3v) is 4.03. The van der Waals surface area contributed by atoms with Gasteiger partial charge in [-0.1, -0.05) is 28.9 Å². The van der Waals surface area contributed by atoms with Crippen molar-refractivity contribution >= 4 is 34.0 Å². The Balaban J connectivity index is 2.35. The minimum atomic E-state index is -0.545. The van der Waals surface area contributed by atoms with Crippen molar-refractivity contribution in [3.8, 4) is 22.9 Å². The molecule has 0 bridgehead atoms. The molecule has 0 saturated heterocycles. The molecule has 7 heteroatoms. The van der Waals surface area contributed by atoms with E-state index in [1.165, 1.54) is 16.2 Å². The van der Waals surface area contributed by atoms with Crippen LogP contribution in [0.5, 0.6) is 0 Å². The number of hydrogen-bond acceptors (Lipinski definition) is 5. The van der Waals surface area contributed by atoms with Crippen molar-refractivity contribution < 1.29 is 9.53 Å². The van der Waals surface area contributed by atoms with Crippen molar-refractivity contribution in [3.05, 3.63) is 29.7 Å². The highest BCUT2D eigenvalue weighted by Gasteiger charge is 2.24. The van der Waals surface area contributed by atoms with Crippen LogP contribution in [0, 0.1) is 12.3 Å². The van der Waals surface area contributed by atoms with E-state index in [1.807, 2.05) is 6.07 Å². The van der Waals surface area contributed by atoms with Crippen molar-refractivity contribution in [2.75, 3.05) is 11.4 Å². The summed E-state index contributed by atoms with van der Waals surface area (Å²) in [5, 5.41) is 1.33. The standard InChI is InChI=1S/C15H14ClN3O2S/c1-4-8-19(15(20)21-10(2)3)14-12(16)18-13(22-14)11-6-5-7-17-9-11/h1,5-7,9-10H,8H2,2-3H3. The molecule has 0 radical (unpaired) electrons. The van der Waals surface area contributed by atoms with Gasteiger partial charge in [0.2, 0.25) is 0 Å². The number of ether oxygens (including phenoxy) is 1. The number of nitrogens with zero attached hydrogens (tertiary/aromatic N) is 3. The number of anilines is 1. The maximum Gasteiger partial charge on any atom is 0.416 e. The molecule has 0 unspecified atom stereocenters. The fourth-order valence-corrected chi connectivity index (χ4v) is 2.94. The lowest BCUT2D eigenvalue weighted by molar-refractivity contribution is 0.123. The molecule has 2 rings (SSSR count). The second-order valence-corrected chi connectivity index (χ2v) is 5.91. The first-order valence-corrected chi connectivity index (χ1v) is 7.70. The third-order valence-electron chi connectivity index (χ3n) is 2.53. The van der Waals surface area contributed by atoms with Crippen molar-refractivity contribution in [1.29, 1.82) is 0 Å². The van der Waals surface area contributed by atoms with Crippen LogP contribution < -0.4 is 4.90 Å². The average Bonchev–Trinajstić information content (AvgIpc) is 2.86. The number of hydrogen-bond donors (Lipinski definition) is 0. The first-order chi connectivity index (χ1) is 10.5. The Morgan fingerprint density at radius 1 is 1.59 bits per heavy atom. The Kier molecular flexibility index (Phi) is 5.36. The highest BCUT2D eigenvalue weighted by atomic mass is 35.5. The molecule has 5 nitrogen and oxygen atoms in total. The first kappa shape index (κ1) is 16.3. The van der Waals surface area contributed by atoms with E-state index in [0.717, 1.165) is 5.56 Å². The van der Waals surface area contributed by atoms with E-state index >= 15 is 0 Å². The minimum Gasteiger partial charge on any atom is -0.446 e. The summed E-state index contributed by atoms with van der Waals surface area (Å²) >= 11 is 7.43. The molecule has 22 heavy (non-hydrogen) atoms. The molecule has 0 saturated carbocycles. The van der Waals surface area contributed by atoms with Gasteiger partial charge in [0.1, 0.15) is 10.0 Å². The Morgan fingerprint density at radius 3 is 2.95 bits per heavy atom. The molecule has 0 aliphatic heterocycles. The maximum atomic E-state index is 12.2. The molecule has 0 fully saturated rings. The number of pyridine rings is 1. The smallest absolute Gasteiger partial charge is 0.416 e. The van der Waals surface area contributed by atoms with Gasteiger partial charge in [0.05, 0.1) is 12.6 Å². The van der Waals surface area contributed by atoms with Crippen LogP contribution in [0.3, 0.4) is 0 Å². The normalized spacial score (nSPS) is 10.3. The second kappa shape index (κ2) is 7.25. The number of amides is 1. The van der Waals surface area contributed by atoms with E-state index in [2.05, 4.69) is 15.9 Å². The van der Waals surface area contributed by atoms with Gasteiger partial charge >= 0.3 is 6.09 Å². The molecule has 0 aromatic carbocycles. The van der Waals surface area contributed by atoms with Crippen LogP contribution in [0.25, 0.3) is 10.6 Å². The van der Waals surface area contributed by atoms with Gasteiger partial charge in [0, 0.05) is 18.0 Å². The van der Waals surface area contributed by atoms with Crippen LogP contribution in [-0.2, 0) is 4.74 Å². The molecule has 2 aromatic rings. The van der Waals surface area contributed by atoms with E-state index < -0.39 is 6.09 Å². The number of carbonyl (C=O) groups excluding carboxylic acids is 1. The summed E-state index contributed by atoms with van der Waals surface area (Å²) in [6.45, 7) is 3.59. The molecule has 114 valence electrons. The number of halogens is 1. The lowest BCUT2D eigenvalue weighted by atomic mass is 10.3. The van der Waals surface area contributed by atoms with Crippen LogP contribution in [0.15, 0.2) is 24.5 Å². The summed E-state index contributed by atoms with van der Waals surface area (Å²) in [5.74, 6) is 2.43. The molecule has 1 amide bonds. The number of carbonyl (C=O) groups is 1. The molecule has 0 N–H and O–H groups in total. The summed E-state index contributed by atoms with van der Waals surface area (Å²) in [4.78, 5) is 21.8. The lowest BCUT2D eigenvalue weighted by Crippen LogP contribution is -2.33. The minimum absolute atomic E-state index is 0.0555. The fraction of sp³-hybridized carbons (Fsp3) is 0.267. The molecule has 0 aliphatic rings. The zero-order valence-electron chi connectivity index (χ0n) is 12.1. The second-order valence-electron chi connectivity index (χ2n) is 4.58. The van der Waals surface area contributed by atoms with Crippen LogP contribution in [0.1, 0.15) is 13.8 Å². The van der Waals surface area contributed by atoms with Crippen LogP contribution in [0.2, 0.25) is 5.15 Å². The van der Waals surface area contributed by atoms with Gasteiger partial charge in [-0.05, 0) is 26.0 Å². The summed E-state index contributed by atoms with van der Waals surface area (Å²) in [6, 6.07) is 3.67. The predicted molar refractivity (Wildman–Crippen MR) is 88.2 cm³/mol. The first-order valence-electron chi connectivity index (χ1n) is 6.51. The number of aromatic nitrogens is 2. The molecule has 0 spiro atoms. The van der Waals surface area contributed by atoms with Crippen LogP contribution in [-0.4, -0.2) is 28.7 Å². The van der Waals surface area contributed by atoms with Gasteiger partial charge in [-0.3, -0.25) is 9.88 Å². The Hall–Kier alpha value is -2.10. The van der Waals surface area contributed by atoms with Crippen molar-refractivity contribution in [3.63, 3.8) is 0 Å². The monoisotopic (exact) mass is 335 g/mol. The highest BCUT2D eigenvalue weighted by Crippen LogP contribution is 2.37. The Morgan fingerprint density at radius 2 is 2.36 bits per heavy atom. The van der Waals surface area contributed by atoms with E-state index in [1.54, 1.807) is 32.3 Å². The van der Waals surface area contributed by atoms with E-state index in [0.29, 0.717) is 10.0 Å². The van der Waals surface area contributed by atoms with Crippen molar-refractivity contribution in [1.82, 2.24) is 9.97 Å². The summed E-state index contributed by atoms with van der Waals surface area (Å²) < 4.78 is 5.19. The summed E-state index contributed by atoms with van der Waals surface area (Å²) in [6.07, 6.45) is 7.89. The zero-order valence-corrected chi connectivity index (χ0v) is 13.7. The van der Waals surface area contributed by atoms with Crippen molar-refractivity contribution in [2.24, 2.45) is 0 Å². The van der Waals surface area contributed by atoms with Crippen LogP contribution >= 0.6 is 22.9 Å². The van der Waals surface area contributed by atoms with Gasteiger partial charge in [0.15, 0.2) is 5.15 Å². The Bertz CT molecular complexity index is 695. The lowest BCUT2D eigenvalue weighted by Gasteiger charge is -2.19. The molecular formula is C15H14ClN3O2S. The van der Waals surface area contributed by atoms with Gasteiger partial charge < -0.3 is 4.74 Å². The Labute approximate surface area is 137 Å². The quantitative estimate of drug-likeness (QED) is 0.796. The largest absolute Gasteiger partial charge is 0.446 e. The van der Waals surface area contributed by atoms with Crippen molar-refractivity contribution in [2.45, 2.75) is 20.0 Å². The van der Waals surface area contributed by atoms with E-state index in [9.17, 15) is 4.79 Å². The zero-order chi connectivity index (χ0) is 16.1.